The maximum Gasteiger partial charge on any atom is 0.248 e. The molecule has 0 N–H and O–H groups in total. The summed E-state index contributed by atoms with van der Waals surface area (Å²) in [7, 11) is 0. The Morgan fingerprint density at radius 1 is 0.808 bits per heavy atom. The van der Waals surface area contributed by atoms with Gasteiger partial charge in [-0.1, -0.05) is 18.2 Å². The van der Waals surface area contributed by atoms with Crippen LogP contribution in [0.15, 0.2) is 87.0 Å². The van der Waals surface area contributed by atoms with Gasteiger partial charge in [-0.25, -0.2) is 18.3 Å². The van der Waals surface area contributed by atoms with Crippen LogP contribution in [0.3, 0.4) is 0 Å². The van der Waals surface area contributed by atoms with Crippen LogP contribution in [0.5, 0.6) is 0 Å². The third kappa shape index (κ3) is 4.60. The lowest BCUT2D eigenvalue weighted by Gasteiger charge is -1.99. The highest BCUT2D eigenvalue weighted by Crippen LogP contribution is 2.13. The topological polar surface area (TPSA) is 17.6 Å². The average Bonchev–Trinajstić information content (AvgIpc) is 3.32. The Morgan fingerprint density at radius 2 is 1.31 bits per heavy atom. The highest BCUT2D eigenvalue weighted by atomic mass is 15.1. The van der Waals surface area contributed by atoms with Crippen molar-refractivity contribution >= 4 is 0 Å². The van der Waals surface area contributed by atoms with E-state index < -0.39 is 0 Å². The number of allylic oxidation sites excluding steroid dienone is 2. The normalized spacial score (nSPS) is 10.8. The summed E-state index contributed by atoms with van der Waals surface area (Å²) in [4.78, 5) is 0. The highest BCUT2D eigenvalue weighted by molar-refractivity contribution is 5.43. The minimum Gasteiger partial charge on any atom is -0.236 e. The fourth-order valence-corrected chi connectivity index (χ4v) is 3.01. The first-order chi connectivity index (χ1) is 12.8. The molecule has 2 heterocycles. The molecule has 0 aliphatic rings. The first kappa shape index (κ1) is 17.9. The number of nitrogens with zero attached hydrogens (tertiary/aromatic N) is 4. The fraction of sp³-hybridized carbons (Fsp3) is 0.273. The maximum atomic E-state index is 3.78. The fourth-order valence-electron chi connectivity index (χ4n) is 3.01. The molecule has 3 rings (SSSR count). The molecule has 0 bridgehead atoms. The molecule has 26 heavy (non-hydrogen) atoms. The lowest BCUT2D eigenvalue weighted by atomic mass is 10.2. The third-order valence-electron chi connectivity index (χ3n) is 4.46. The molecule has 0 aliphatic heterocycles. The van der Waals surface area contributed by atoms with Crippen molar-refractivity contribution in [1.29, 1.82) is 0 Å². The summed E-state index contributed by atoms with van der Waals surface area (Å²) >= 11 is 0. The minimum absolute atomic E-state index is 1.01. The van der Waals surface area contributed by atoms with Crippen molar-refractivity contribution in [2.45, 2.75) is 38.8 Å². The van der Waals surface area contributed by atoms with Gasteiger partial charge in [-0.3, -0.25) is 0 Å². The van der Waals surface area contributed by atoms with E-state index in [0.29, 0.717) is 0 Å². The van der Waals surface area contributed by atoms with Gasteiger partial charge in [0.15, 0.2) is 0 Å². The van der Waals surface area contributed by atoms with Crippen molar-refractivity contribution in [3.05, 3.63) is 87.0 Å². The van der Waals surface area contributed by atoms with E-state index >= 15 is 0 Å². The molecule has 0 saturated carbocycles. The largest absolute Gasteiger partial charge is 0.248 e. The second-order valence-corrected chi connectivity index (χ2v) is 6.50. The lowest BCUT2D eigenvalue weighted by molar-refractivity contribution is -0.696. The van der Waals surface area contributed by atoms with Gasteiger partial charge in [0.2, 0.25) is 12.7 Å². The van der Waals surface area contributed by atoms with E-state index in [1.807, 2.05) is 12.2 Å². The van der Waals surface area contributed by atoms with Crippen molar-refractivity contribution in [1.82, 2.24) is 9.13 Å². The number of hydrogen-bond acceptors (Lipinski definition) is 0. The number of unbranched alkanes of at least 4 members (excludes halogenated alkanes) is 2. The molecule has 0 unspecified atom stereocenters. The summed E-state index contributed by atoms with van der Waals surface area (Å²) in [5.41, 5.74) is 2.33. The molecule has 0 amide bonds. The Morgan fingerprint density at radius 3 is 1.77 bits per heavy atom. The summed E-state index contributed by atoms with van der Waals surface area (Å²) < 4.78 is 8.77. The zero-order valence-electron chi connectivity index (χ0n) is 15.4. The molecule has 1 aromatic carbocycles. The van der Waals surface area contributed by atoms with E-state index in [-0.39, 0.29) is 0 Å². The smallest absolute Gasteiger partial charge is 0.236 e. The lowest BCUT2D eigenvalue weighted by Crippen LogP contribution is -2.30. The number of rotatable bonds is 10. The molecule has 0 radical (unpaired) electrons. The Hall–Kier alpha value is -2.88. The predicted octanol–water partition coefficient (Wildman–Crippen LogP) is 3.78. The molecule has 134 valence electrons. The molecule has 0 spiro atoms. The SMILES string of the molecule is C=CCCC[n+]1ccn(-c2cccc(-n3cc[n+](CCCC=C)c3)c2)c1. The summed E-state index contributed by atoms with van der Waals surface area (Å²) in [6, 6.07) is 8.59. The Kier molecular flexibility index (Phi) is 6.20. The van der Waals surface area contributed by atoms with Crippen LogP contribution in [0.25, 0.3) is 11.4 Å². The average molecular weight is 348 g/mol. The van der Waals surface area contributed by atoms with E-state index in [2.05, 4.69) is 93.1 Å². The van der Waals surface area contributed by atoms with Crippen molar-refractivity contribution in [2.75, 3.05) is 0 Å². The molecule has 0 atom stereocenters. The van der Waals surface area contributed by atoms with E-state index in [4.69, 9.17) is 0 Å². The van der Waals surface area contributed by atoms with Gasteiger partial charge in [-0.2, -0.15) is 0 Å². The van der Waals surface area contributed by atoms with Crippen LogP contribution in [-0.2, 0) is 13.1 Å². The quantitative estimate of drug-likeness (QED) is 0.301. The summed E-state index contributed by atoms with van der Waals surface area (Å²) in [6.07, 6.45) is 21.0. The van der Waals surface area contributed by atoms with Crippen LogP contribution in [0, 0.1) is 0 Å². The van der Waals surface area contributed by atoms with Crippen LogP contribution < -0.4 is 9.13 Å². The zero-order valence-corrected chi connectivity index (χ0v) is 15.4. The van der Waals surface area contributed by atoms with Crippen molar-refractivity contribution in [3.63, 3.8) is 0 Å². The second kappa shape index (κ2) is 8.99. The van der Waals surface area contributed by atoms with Gasteiger partial charge in [0.1, 0.15) is 36.2 Å². The van der Waals surface area contributed by atoms with Crippen molar-refractivity contribution in [2.24, 2.45) is 0 Å². The van der Waals surface area contributed by atoms with Crippen molar-refractivity contribution < 1.29 is 9.13 Å². The van der Waals surface area contributed by atoms with Crippen LogP contribution in [-0.4, -0.2) is 9.13 Å². The zero-order chi connectivity index (χ0) is 18.2. The summed E-state index contributed by atoms with van der Waals surface area (Å²) in [5.74, 6) is 0. The maximum absolute atomic E-state index is 3.78. The van der Waals surface area contributed by atoms with Gasteiger partial charge >= 0.3 is 0 Å². The van der Waals surface area contributed by atoms with Crippen LogP contribution in [0.2, 0.25) is 0 Å². The Bertz CT molecular complexity index is 789. The monoisotopic (exact) mass is 348 g/mol. The first-order valence-corrected chi connectivity index (χ1v) is 9.27. The molecular formula is C22H28N4+2. The number of imidazole rings is 2. The van der Waals surface area contributed by atoms with Gasteiger partial charge in [-0.15, -0.1) is 13.2 Å². The molecule has 2 aromatic heterocycles. The second-order valence-electron chi connectivity index (χ2n) is 6.50. The van der Waals surface area contributed by atoms with E-state index in [1.165, 1.54) is 0 Å². The molecule has 0 fully saturated rings. The van der Waals surface area contributed by atoms with Crippen molar-refractivity contribution in [3.8, 4) is 11.4 Å². The van der Waals surface area contributed by atoms with Crippen LogP contribution in [0.4, 0.5) is 0 Å². The number of aryl methyl sites for hydroxylation is 2. The van der Waals surface area contributed by atoms with E-state index in [0.717, 1.165) is 50.1 Å². The van der Waals surface area contributed by atoms with Crippen LogP contribution in [0.1, 0.15) is 25.7 Å². The number of hydrogen-bond donors (Lipinski definition) is 0. The van der Waals surface area contributed by atoms with E-state index in [9.17, 15) is 0 Å². The highest BCUT2D eigenvalue weighted by Gasteiger charge is 2.11. The van der Waals surface area contributed by atoms with Crippen LogP contribution >= 0.6 is 0 Å². The summed E-state index contributed by atoms with van der Waals surface area (Å²) in [6.45, 7) is 9.60. The van der Waals surface area contributed by atoms with Gasteiger partial charge < -0.3 is 0 Å². The molecule has 4 heteroatoms. The summed E-state index contributed by atoms with van der Waals surface area (Å²) in [5, 5.41) is 0. The molecule has 0 saturated heterocycles. The predicted molar refractivity (Wildman–Crippen MR) is 104 cm³/mol. The number of benzene rings is 1. The molecule has 0 aliphatic carbocycles. The Balaban J connectivity index is 1.72. The van der Waals surface area contributed by atoms with Gasteiger partial charge in [0, 0.05) is 6.07 Å². The van der Waals surface area contributed by atoms with Gasteiger partial charge in [0.05, 0.1) is 13.1 Å². The molecular weight excluding hydrogens is 320 g/mol. The minimum atomic E-state index is 1.01. The number of aromatic nitrogens is 4. The van der Waals surface area contributed by atoms with Gasteiger partial charge in [-0.05, 0) is 37.8 Å². The molecule has 3 aromatic rings. The van der Waals surface area contributed by atoms with E-state index in [1.54, 1.807) is 0 Å². The first-order valence-electron chi connectivity index (χ1n) is 9.27. The molecule has 4 nitrogen and oxygen atoms in total. The standard InChI is InChI=1S/C22H28N4/c1-3-5-7-12-23-14-16-25(19-23)21-10-9-11-22(18-21)26-17-15-24(20-26)13-8-6-4-2/h3-4,9-11,14-20H,1-2,5-8,12-13H2/q+2. The van der Waals surface area contributed by atoms with Gasteiger partial charge in [0.25, 0.3) is 0 Å². The third-order valence-corrected chi connectivity index (χ3v) is 4.46. The Labute approximate surface area is 156 Å².